The van der Waals surface area contributed by atoms with E-state index in [2.05, 4.69) is 31.3 Å². The highest BCUT2D eigenvalue weighted by Gasteiger charge is 2.28. The number of piperidine rings is 1. The number of carbonyl (C=O) groups excluding carboxylic acids is 3. The molecule has 2 aromatic carbocycles. The summed E-state index contributed by atoms with van der Waals surface area (Å²) < 4.78 is 0. The summed E-state index contributed by atoms with van der Waals surface area (Å²) in [5.74, 6) is 0.559. The number of hydrogen-bond donors (Lipinski definition) is 1. The lowest BCUT2D eigenvalue weighted by Crippen LogP contribution is -2.40. The Bertz CT molecular complexity index is 893. The molecule has 1 N–H and O–H groups in total. The van der Waals surface area contributed by atoms with Crippen molar-refractivity contribution in [2.24, 2.45) is 11.8 Å². The monoisotopic (exact) mass is 406 g/mol. The van der Waals surface area contributed by atoms with Gasteiger partial charge in [-0.3, -0.25) is 14.4 Å². The van der Waals surface area contributed by atoms with Crippen LogP contribution in [0.25, 0.3) is 0 Å². The molecular weight excluding hydrogens is 376 g/mol. The molecule has 0 saturated carbocycles. The van der Waals surface area contributed by atoms with E-state index in [1.165, 1.54) is 12.5 Å². The van der Waals surface area contributed by atoms with Crippen LogP contribution in [0.2, 0.25) is 0 Å². The second-order valence-electron chi connectivity index (χ2n) is 8.48. The van der Waals surface area contributed by atoms with Gasteiger partial charge in [0.05, 0.1) is 0 Å². The lowest BCUT2D eigenvalue weighted by Gasteiger charge is -2.31. The van der Waals surface area contributed by atoms with Gasteiger partial charge in [0.15, 0.2) is 5.78 Å². The number of rotatable bonds is 6. The Labute approximate surface area is 178 Å². The Morgan fingerprint density at radius 3 is 2.03 bits per heavy atom. The topological polar surface area (TPSA) is 66.5 Å². The third-order valence-electron chi connectivity index (χ3n) is 5.49. The summed E-state index contributed by atoms with van der Waals surface area (Å²) in [5, 5.41) is 2.70. The number of nitrogens with one attached hydrogen (secondary N) is 1. The number of carbonyl (C=O) groups is 3. The van der Waals surface area contributed by atoms with Gasteiger partial charge in [-0.25, -0.2) is 0 Å². The summed E-state index contributed by atoms with van der Waals surface area (Å²) in [6, 6.07) is 14.9. The second-order valence-corrected chi connectivity index (χ2v) is 8.48. The molecule has 158 valence electrons. The van der Waals surface area contributed by atoms with Crippen molar-refractivity contribution in [1.29, 1.82) is 0 Å². The molecule has 0 radical (unpaired) electrons. The molecule has 0 aromatic heterocycles. The smallest absolute Gasteiger partial charge is 0.253 e. The Kier molecular flexibility index (Phi) is 7.03. The van der Waals surface area contributed by atoms with Crippen LogP contribution in [-0.4, -0.2) is 35.6 Å². The third kappa shape index (κ3) is 5.56. The molecule has 0 unspecified atom stereocenters. The van der Waals surface area contributed by atoms with Crippen LogP contribution in [0.3, 0.4) is 0 Å². The second kappa shape index (κ2) is 9.70. The minimum atomic E-state index is -0.143. The molecule has 2 amide bonds. The van der Waals surface area contributed by atoms with E-state index in [-0.39, 0.29) is 23.5 Å². The minimum Gasteiger partial charge on any atom is -0.339 e. The molecular formula is C25H30N2O3. The van der Waals surface area contributed by atoms with Crippen LogP contribution in [0, 0.1) is 11.8 Å². The fraction of sp³-hybridized carbons (Fsp3) is 0.400. The summed E-state index contributed by atoms with van der Waals surface area (Å²) in [6.45, 7) is 6.98. The van der Waals surface area contributed by atoms with Crippen LogP contribution >= 0.6 is 0 Å². The van der Waals surface area contributed by atoms with Gasteiger partial charge >= 0.3 is 0 Å². The van der Waals surface area contributed by atoms with Crippen LogP contribution < -0.4 is 5.32 Å². The Hall–Kier alpha value is -2.95. The van der Waals surface area contributed by atoms with E-state index in [0.29, 0.717) is 43.1 Å². The Morgan fingerprint density at radius 2 is 1.50 bits per heavy atom. The summed E-state index contributed by atoms with van der Waals surface area (Å²) in [5.41, 5.74) is 3.28. The lowest BCUT2D eigenvalue weighted by molar-refractivity contribution is -0.114. The molecule has 0 aliphatic carbocycles. The average Bonchev–Trinajstić information content (AvgIpc) is 2.73. The van der Waals surface area contributed by atoms with Crippen LogP contribution in [0.4, 0.5) is 5.69 Å². The van der Waals surface area contributed by atoms with Crippen LogP contribution in [0.5, 0.6) is 0 Å². The molecule has 30 heavy (non-hydrogen) atoms. The van der Waals surface area contributed by atoms with Gasteiger partial charge in [0.25, 0.3) is 5.91 Å². The lowest BCUT2D eigenvalue weighted by atomic mass is 9.88. The van der Waals surface area contributed by atoms with E-state index in [0.717, 1.165) is 12.0 Å². The number of anilines is 1. The Morgan fingerprint density at radius 1 is 0.933 bits per heavy atom. The van der Waals surface area contributed by atoms with Crippen LogP contribution in [-0.2, 0) is 11.2 Å². The molecule has 1 heterocycles. The summed E-state index contributed by atoms with van der Waals surface area (Å²) in [6.07, 6.45) is 2.38. The predicted molar refractivity (Wildman–Crippen MR) is 119 cm³/mol. The maximum absolute atomic E-state index is 12.9. The number of amides is 2. The van der Waals surface area contributed by atoms with Gasteiger partial charge in [-0.05, 0) is 55.0 Å². The van der Waals surface area contributed by atoms with Crippen LogP contribution in [0.1, 0.15) is 59.9 Å². The molecule has 1 fully saturated rings. The largest absolute Gasteiger partial charge is 0.339 e. The number of likely N-dealkylation sites (tertiary alicyclic amines) is 1. The number of ketones is 1. The van der Waals surface area contributed by atoms with Crippen molar-refractivity contribution in [3.63, 3.8) is 0 Å². The van der Waals surface area contributed by atoms with E-state index >= 15 is 0 Å². The van der Waals surface area contributed by atoms with Gasteiger partial charge in [0.1, 0.15) is 0 Å². The maximum atomic E-state index is 12.9. The van der Waals surface area contributed by atoms with Crippen molar-refractivity contribution in [1.82, 2.24) is 4.90 Å². The summed E-state index contributed by atoms with van der Waals surface area (Å²) >= 11 is 0. The molecule has 1 aliphatic heterocycles. The molecule has 0 bridgehead atoms. The first kappa shape index (κ1) is 21.8. The van der Waals surface area contributed by atoms with Crippen molar-refractivity contribution in [3.05, 3.63) is 65.2 Å². The first-order chi connectivity index (χ1) is 14.3. The number of hydrogen-bond acceptors (Lipinski definition) is 3. The van der Waals surface area contributed by atoms with Crippen molar-refractivity contribution in [2.45, 2.75) is 40.0 Å². The summed E-state index contributed by atoms with van der Waals surface area (Å²) in [4.78, 5) is 38.5. The first-order valence-corrected chi connectivity index (χ1v) is 10.6. The van der Waals surface area contributed by atoms with Crippen molar-refractivity contribution < 1.29 is 14.4 Å². The highest BCUT2D eigenvalue weighted by Crippen LogP contribution is 2.24. The van der Waals surface area contributed by atoms with E-state index in [9.17, 15) is 14.4 Å². The SMILES string of the molecule is CC(=O)Nc1ccc(C(=O)N2CCC(C(=O)c3ccc(CC(C)C)cc3)CC2)cc1. The molecule has 3 rings (SSSR count). The number of nitrogens with zero attached hydrogens (tertiary/aromatic N) is 1. The van der Waals surface area contributed by atoms with Crippen molar-refractivity contribution in [2.75, 3.05) is 18.4 Å². The molecule has 0 spiro atoms. The minimum absolute atomic E-state index is 0.0340. The predicted octanol–water partition coefficient (Wildman–Crippen LogP) is 4.58. The van der Waals surface area contributed by atoms with Gasteiger partial charge in [-0.1, -0.05) is 38.1 Å². The summed E-state index contributed by atoms with van der Waals surface area (Å²) in [7, 11) is 0. The maximum Gasteiger partial charge on any atom is 0.253 e. The van der Waals surface area contributed by atoms with E-state index in [1.54, 1.807) is 24.3 Å². The number of benzene rings is 2. The third-order valence-corrected chi connectivity index (χ3v) is 5.49. The highest BCUT2D eigenvalue weighted by molar-refractivity contribution is 5.98. The fourth-order valence-electron chi connectivity index (χ4n) is 3.94. The van der Waals surface area contributed by atoms with Crippen LogP contribution in [0.15, 0.2) is 48.5 Å². The van der Waals surface area contributed by atoms with Crippen molar-refractivity contribution >= 4 is 23.3 Å². The molecule has 2 aromatic rings. The Balaban J connectivity index is 1.55. The zero-order valence-corrected chi connectivity index (χ0v) is 18.0. The van der Waals surface area contributed by atoms with E-state index < -0.39 is 0 Å². The quantitative estimate of drug-likeness (QED) is 0.714. The van der Waals surface area contributed by atoms with Gasteiger partial charge in [0, 0.05) is 42.7 Å². The molecule has 0 atom stereocenters. The van der Waals surface area contributed by atoms with Gasteiger partial charge in [-0.2, -0.15) is 0 Å². The normalized spacial score (nSPS) is 14.6. The first-order valence-electron chi connectivity index (χ1n) is 10.6. The van der Waals surface area contributed by atoms with Gasteiger partial charge in [0.2, 0.25) is 5.91 Å². The molecule has 1 saturated heterocycles. The van der Waals surface area contributed by atoms with Gasteiger partial charge < -0.3 is 10.2 Å². The fourth-order valence-corrected chi connectivity index (χ4v) is 3.94. The average molecular weight is 407 g/mol. The standard InChI is InChI=1S/C25H30N2O3/c1-17(2)16-19-4-6-20(7-5-19)24(29)21-12-14-27(15-13-21)25(30)22-8-10-23(11-9-22)26-18(3)28/h4-11,17,21H,12-16H2,1-3H3,(H,26,28). The molecule has 5 heteroatoms. The van der Waals surface area contributed by atoms with Crippen molar-refractivity contribution in [3.8, 4) is 0 Å². The molecule has 5 nitrogen and oxygen atoms in total. The zero-order chi connectivity index (χ0) is 21.7. The van der Waals surface area contributed by atoms with E-state index in [1.807, 2.05) is 17.0 Å². The highest BCUT2D eigenvalue weighted by atomic mass is 16.2. The van der Waals surface area contributed by atoms with E-state index in [4.69, 9.17) is 0 Å². The van der Waals surface area contributed by atoms with Gasteiger partial charge in [-0.15, -0.1) is 0 Å². The zero-order valence-electron chi connectivity index (χ0n) is 18.0. The number of Topliss-reactive ketones (excluding diaryl/α,β-unsaturated/α-hetero) is 1. The molecule has 1 aliphatic rings.